The smallest absolute Gasteiger partial charge is 0.175 e. The predicted octanol–water partition coefficient (Wildman–Crippen LogP) is 3.18. The van der Waals surface area contributed by atoms with Gasteiger partial charge in [-0.25, -0.2) is 9.97 Å². The Labute approximate surface area is 126 Å². The minimum Gasteiger partial charge on any atom is -0.493 e. The maximum absolute atomic E-state index is 5.77. The predicted molar refractivity (Wildman–Crippen MR) is 81.3 cm³/mol. The van der Waals surface area contributed by atoms with Crippen LogP contribution in [-0.2, 0) is 6.61 Å². The number of nitrogens with zero attached hydrogens (tertiary/aromatic N) is 2. The molecule has 0 amide bonds. The number of anilines is 1. The van der Waals surface area contributed by atoms with Crippen molar-refractivity contribution < 1.29 is 9.47 Å². The van der Waals surface area contributed by atoms with E-state index in [4.69, 9.17) is 9.47 Å². The van der Waals surface area contributed by atoms with Gasteiger partial charge in [0.05, 0.1) is 11.6 Å². The van der Waals surface area contributed by atoms with Gasteiger partial charge >= 0.3 is 0 Å². The van der Waals surface area contributed by atoms with Crippen molar-refractivity contribution in [2.75, 3.05) is 19.5 Å². The average molecular weight is 338 g/mol. The Morgan fingerprint density at radius 2 is 2.10 bits per heavy atom. The number of aryl methyl sites for hydroxylation is 1. The van der Waals surface area contributed by atoms with Crippen LogP contribution in [0.15, 0.2) is 28.7 Å². The Hall–Kier alpha value is -1.82. The Bertz CT molecular complexity index is 605. The lowest BCUT2D eigenvalue weighted by atomic mass is 10.3. The molecule has 1 N–H and O–H groups in total. The number of hydrogen-bond donors (Lipinski definition) is 1. The molecule has 1 heterocycles. The van der Waals surface area contributed by atoms with E-state index in [1.165, 1.54) is 0 Å². The van der Waals surface area contributed by atoms with Crippen LogP contribution in [0.25, 0.3) is 0 Å². The fraction of sp³-hybridized carbons (Fsp3) is 0.286. The van der Waals surface area contributed by atoms with Gasteiger partial charge in [-0.1, -0.05) is 6.07 Å². The lowest BCUT2D eigenvalue weighted by Gasteiger charge is -2.12. The summed E-state index contributed by atoms with van der Waals surface area (Å²) in [7, 11) is 3.43. The van der Waals surface area contributed by atoms with Crippen LogP contribution in [0, 0.1) is 6.92 Å². The molecule has 1 aromatic heterocycles. The maximum Gasteiger partial charge on any atom is 0.175 e. The first-order chi connectivity index (χ1) is 9.63. The summed E-state index contributed by atoms with van der Waals surface area (Å²) in [5.41, 5.74) is 0.891. The molecular formula is C14H16BrN3O2. The summed E-state index contributed by atoms with van der Waals surface area (Å²) in [6.45, 7) is 2.19. The highest BCUT2D eigenvalue weighted by molar-refractivity contribution is 9.10. The summed E-state index contributed by atoms with van der Waals surface area (Å²) >= 11 is 3.45. The molecule has 0 spiro atoms. The van der Waals surface area contributed by atoms with Gasteiger partial charge in [-0.3, -0.25) is 0 Å². The van der Waals surface area contributed by atoms with Crippen molar-refractivity contribution in [3.63, 3.8) is 0 Å². The van der Waals surface area contributed by atoms with Crippen molar-refractivity contribution in [3.8, 4) is 11.5 Å². The molecule has 5 nitrogen and oxygen atoms in total. The van der Waals surface area contributed by atoms with Gasteiger partial charge in [0, 0.05) is 18.8 Å². The van der Waals surface area contributed by atoms with Gasteiger partial charge in [-0.2, -0.15) is 0 Å². The zero-order chi connectivity index (χ0) is 14.5. The van der Waals surface area contributed by atoms with E-state index < -0.39 is 0 Å². The Morgan fingerprint density at radius 3 is 2.80 bits per heavy atom. The van der Waals surface area contributed by atoms with Crippen molar-refractivity contribution in [2.45, 2.75) is 13.5 Å². The fourth-order valence-corrected chi connectivity index (χ4v) is 2.21. The molecule has 2 rings (SSSR count). The van der Waals surface area contributed by atoms with Gasteiger partial charge < -0.3 is 14.8 Å². The van der Waals surface area contributed by atoms with E-state index in [0.29, 0.717) is 17.3 Å². The number of para-hydroxylation sites is 1. The van der Waals surface area contributed by atoms with Crippen molar-refractivity contribution in [2.24, 2.45) is 0 Å². The van der Waals surface area contributed by atoms with Crippen molar-refractivity contribution in [1.29, 1.82) is 0 Å². The lowest BCUT2D eigenvalue weighted by Crippen LogP contribution is -2.06. The number of rotatable bonds is 5. The van der Waals surface area contributed by atoms with Gasteiger partial charge in [0.2, 0.25) is 0 Å². The van der Waals surface area contributed by atoms with E-state index in [9.17, 15) is 0 Å². The maximum atomic E-state index is 5.77. The molecule has 0 bridgehead atoms. The van der Waals surface area contributed by atoms with Crippen LogP contribution in [0.5, 0.6) is 11.5 Å². The molecule has 0 aliphatic carbocycles. The van der Waals surface area contributed by atoms with Crippen LogP contribution in [0.4, 0.5) is 5.82 Å². The number of nitrogens with one attached hydrogen (secondary N) is 1. The second-order valence-electron chi connectivity index (χ2n) is 4.12. The van der Waals surface area contributed by atoms with Crippen LogP contribution in [0.3, 0.4) is 0 Å². The Morgan fingerprint density at radius 1 is 1.30 bits per heavy atom. The highest BCUT2D eigenvalue weighted by Gasteiger charge is 2.10. The molecule has 0 atom stereocenters. The van der Waals surface area contributed by atoms with Crippen LogP contribution >= 0.6 is 15.9 Å². The van der Waals surface area contributed by atoms with Gasteiger partial charge in [0.1, 0.15) is 12.4 Å². The minimum atomic E-state index is 0.273. The van der Waals surface area contributed by atoms with Crippen LogP contribution in [0.2, 0.25) is 0 Å². The van der Waals surface area contributed by atoms with Crippen molar-refractivity contribution in [1.82, 2.24) is 9.97 Å². The molecule has 0 saturated heterocycles. The van der Waals surface area contributed by atoms with E-state index in [-0.39, 0.29) is 6.61 Å². The van der Waals surface area contributed by atoms with Gasteiger partial charge in [0.25, 0.3) is 0 Å². The second kappa shape index (κ2) is 6.56. The number of methoxy groups -OCH3 is 1. The van der Waals surface area contributed by atoms with E-state index in [1.807, 2.05) is 38.2 Å². The number of ether oxygens (including phenoxy) is 2. The van der Waals surface area contributed by atoms with Gasteiger partial charge in [-0.15, -0.1) is 0 Å². The number of hydrogen-bond acceptors (Lipinski definition) is 5. The largest absolute Gasteiger partial charge is 0.493 e. The number of benzene rings is 1. The molecule has 106 valence electrons. The zero-order valence-electron chi connectivity index (χ0n) is 11.6. The van der Waals surface area contributed by atoms with E-state index in [0.717, 1.165) is 16.0 Å². The van der Waals surface area contributed by atoms with Crippen LogP contribution in [-0.4, -0.2) is 24.1 Å². The molecular weight excluding hydrogens is 322 g/mol. The first kappa shape index (κ1) is 14.6. The van der Waals surface area contributed by atoms with Gasteiger partial charge in [-0.05, 0) is 35.0 Å². The van der Waals surface area contributed by atoms with Crippen molar-refractivity contribution >= 4 is 21.7 Å². The molecule has 0 saturated carbocycles. The summed E-state index contributed by atoms with van der Waals surface area (Å²) in [5.74, 6) is 2.70. The highest BCUT2D eigenvalue weighted by Crippen LogP contribution is 2.35. The Kier molecular flexibility index (Phi) is 4.79. The molecule has 1 aromatic carbocycles. The molecule has 6 heteroatoms. The molecule has 0 aliphatic heterocycles. The molecule has 0 aliphatic rings. The third-order valence-corrected chi connectivity index (χ3v) is 3.28. The van der Waals surface area contributed by atoms with Gasteiger partial charge in [0.15, 0.2) is 17.3 Å². The zero-order valence-corrected chi connectivity index (χ0v) is 13.2. The first-order valence-electron chi connectivity index (χ1n) is 6.11. The molecule has 0 fully saturated rings. The monoisotopic (exact) mass is 337 g/mol. The van der Waals surface area contributed by atoms with Crippen molar-refractivity contribution in [3.05, 3.63) is 40.3 Å². The van der Waals surface area contributed by atoms with E-state index in [2.05, 4.69) is 31.2 Å². The minimum absolute atomic E-state index is 0.273. The first-order valence-corrected chi connectivity index (χ1v) is 6.91. The number of halogens is 1. The number of aromatic nitrogens is 2. The topological polar surface area (TPSA) is 56.3 Å². The normalized spacial score (nSPS) is 10.2. The Balaban J connectivity index is 2.19. The summed E-state index contributed by atoms with van der Waals surface area (Å²) in [5, 5.41) is 3.00. The standard InChI is InChI=1S/C14H16BrN3O2/c1-9-7-12(16-2)18-13(17-9)8-20-14-10(15)5-4-6-11(14)19-3/h4-7H,8H2,1-3H3,(H,16,17,18). The molecule has 20 heavy (non-hydrogen) atoms. The van der Waals surface area contributed by atoms with Crippen LogP contribution in [0.1, 0.15) is 11.5 Å². The summed E-state index contributed by atoms with van der Waals surface area (Å²) in [6.07, 6.45) is 0. The molecule has 2 aromatic rings. The summed E-state index contributed by atoms with van der Waals surface area (Å²) in [4.78, 5) is 8.70. The summed E-state index contributed by atoms with van der Waals surface area (Å²) < 4.78 is 11.9. The highest BCUT2D eigenvalue weighted by atomic mass is 79.9. The van der Waals surface area contributed by atoms with E-state index >= 15 is 0 Å². The third-order valence-electron chi connectivity index (χ3n) is 2.65. The third kappa shape index (κ3) is 3.39. The average Bonchev–Trinajstić information content (AvgIpc) is 2.45. The fourth-order valence-electron chi connectivity index (χ4n) is 1.75. The molecule has 0 radical (unpaired) electrons. The lowest BCUT2D eigenvalue weighted by molar-refractivity contribution is 0.274. The molecule has 0 unspecified atom stereocenters. The SMILES string of the molecule is CNc1cc(C)nc(COc2c(Br)cccc2OC)n1. The quantitative estimate of drug-likeness (QED) is 0.907. The van der Waals surface area contributed by atoms with E-state index in [1.54, 1.807) is 7.11 Å². The second-order valence-corrected chi connectivity index (χ2v) is 4.98. The van der Waals surface area contributed by atoms with Crippen LogP contribution < -0.4 is 14.8 Å². The summed E-state index contributed by atoms with van der Waals surface area (Å²) in [6, 6.07) is 7.50.